The van der Waals surface area contributed by atoms with Crippen molar-refractivity contribution in [3.8, 4) is 0 Å². The summed E-state index contributed by atoms with van der Waals surface area (Å²) in [6.07, 6.45) is 0. The van der Waals surface area contributed by atoms with Gasteiger partial charge in [0.05, 0.1) is 22.0 Å². The van der Waals surface area contributed by atoms with E-state index in [1.807, 2.05) is 57.2 Å². The summed E-state index contributed by atoms with van der Waals surface area (Å²) in [4.78, 5) is 14.6. The number of hydrogen-bond donors (Lipinski definition) is 0. The van der Waals surface area contributed by atoms with E-state index in [1.165, 1.54) is 0 Å². The average Bonchev–Trinajstić information content (AvgIpc) is 2.82. The van der Waals surface area contributed by atoms with Crippen LogP contribution in [0.3, 0.4) is 0 Å². The molecule has 0 spiro atoms. The van der Waals surface area contributed by atoms with Gasteiger partial charge < -0.3 is 4.90 Å². The highest BCUT2D eigenvalue weighted by atomic mass is 35.5. The molecular weight excluding hydrogens is 356 g/mol. The van der Waals surface area contributed by atoms with Gasteiger partial charge in [0.25, 0.3) is 5.91 Å². The van der Waals surface area contributed by atoms with Crippen molar-refractivity contribution in [1.29, 1.82) is 0 Å². The van der Waals surface area contributed by atoms with Crippen LogP contribution in [-0.2, 0) is 22.3 Å². The fourth-order valence-corrected chi connectivity index (χ4v) is 3.41. The highest BCUT2D eigenvalue weighted by molar-refractivity contribution is 7.85. The quantitative estimate of drug-likeness (QED) is 0.810. The van der Waals surface area contributed by atoms with Gasteiger partial charge in [-0.15, -0.1) is 0 Å². The van der Waals surface area contributed by atoms with E-state index < -0.39 is 15.7 Å². The van der Waals surface area contributed by atoms with Crippen LogP contribution in [0.4, 0.5) is 5.69 Å². The highest BCUT2D eigenvalue weighted by Crippen LogP contribution is 2.36. The Hall–Kier alpha value is -1.98. The van der Waals surface area contributed by atoms with E-state index in [1.54, 1.807) is 17.0 Å². The van der Waals surface area contributed by atoms with Gasteiger partial charge in [-0.2, -0.15) is 4.40 Å². The molecule has 1 heterocycles. The number of nitrogens with zero attached hydrogens (tertiary/aromatic N) is 2. The van der Waals surface area contributed by atoms with Crippen LogP contribution in [0.15, 0.2) is 52.9 Å². The van der Waals surface area contributed by atoms with Crippen LogP contribution in [0.5, 0.6) is 0 Å². The molecule has 1 aliphatic rings. The minimum absolute atomic E-state index is 0.171. The Morgan fingerprint density at radius 2 is 1.76 bits per heavy atom. The summed E-state index contributed by atoms with van der Waals surface area (Å²) in [7, 11) is -1.54. The first-order chi connectivity index (χ1) is 11.8. The first-order valence-electron chi connectivity index (χ1n) is 7.94. The zero-order chi connectivity index (χ0) is 18.2. The monoisotopic (exact) mass is 374 g/mol. The van der Waals surface area contributed by atoms with Crippen molar-refractivity contribution in [3.05, 3.63) is 64.7 Å². The summed E-state index contributed by atoms with van der Waals surface area (Å²) < 4.78 is 16.1. The third kappa shape index (κ3) is 3.53. The van der Waals surface area contributed by atoms with Gasteiger partial charge in [-0.1, -0.05) is 48.0 Å². The Bertz CT molecular complexity index is 873. The van der Waals surface area contributed by atoms with Gasteiger partial charge in [-0.05, 0) is 38.5 Å². The molecule has 130 valence electrons. The van der Waals surface area contributed by atoms with Crippen molar-refractivity contribution in [3.63, 3.8) is 0 Å². The predicted octanol–water partition coefficient (Wildman–Crippen LogP) is 4.14. The first-order valence-corrected chi connectivity index (χ1v) is 9.43. The average molecular weight is 375 g/mol. The van der Waals surface area contributed by atoms with E-state index >= 15 is 0 Å². The second-order valence-corrected chi connectivity index (χ2v) is 9.13. The Balaban J connectivity index is 2.07. The van der Waals surface area contributed by atoms with E-state index in [2.05, 4.69) is 4.40 Å². The zero-order valence-corrected chi connectivity index (χ0v) is 15.9. The van der Waals surface area contributed by atoms with Gasteiger partial charge in [-0.25, -0.2) is 4.21 Å². The lowest BCUT2D eigenvalue weighted by molar-refractivity contribution is -0.112. The third-order valence-electron chi connectivity index (χ3n) is 3.85. The van der Waals surface area contributed by atoms with Crippen LogP contribution in [-0.4, -0.2) is 20.6 Å². The largest absolute Gasteiger partial charge is 0.302 e. The molecule has 0 aliphatic carbocycles. The number of amides is 1. The van der Waals surface area contributed by atoms with E-state index in [0.717, 1.165) is 5.56 Å². The molecule has 2 aromatic rings. The van der Waals surface area contributed by atoms with Crippen molar-refractivity contribution in [2.75, 3.05) is 4.90 Å². The second kappa shape index (κ2) is 6.73. The maximum atomic E-state index is 13.0. The molecule has 1 aliphatic heterocycles. The number of carbonyl (C=O) groups is 1. The van der Waals surface area contributed by atoms with Crippen LogP contribution in [0, 0.1) is 0 Å². The van der Waals surface area contributed by atoms with Crippen LogP contribution < -0.4 is 4.90 Å². The van der Waals surface area contributed by atoms with Crippen LogP contribution in [0.2, 0.25) is 5.02 Å². The van der Waals surface area contributed by atoms with E-state index in [0.29, 0.717) is 22.8 Å². The van der Waals surface area contributed by atoms with Gasteiger partial charge in [-0.3, -0.25) is 4.79 Å². The molecule has 0 N–H and O–H groups in total. The van der Waals surface area contributed by atoms with Gasteiger partial charge in [0.15, 0.2) is 0 Å². The zero-order valence-electron chi connectivity index (χ0n) is 14.3. The number of anilines is 1. The minimum atomic E-state index is -1.54. The SMILES string of the molecule is CC(C)(C)[S@@](=O)/N=C1/C(=O)N(Cc2ccccc2)c2cccc(Cl)c21. The normalized spacial score (nSPS) is 17.0. The van der Waals surface area contributed by atoms with Gasteiger partial charge in [0.1, 0.15) is 16.7 Å². The minimum Gasteiger partial charge on any atom is -0.302 e. The summed E-state index contributed by atoms with van der Waals surface area (Å²) in [5, 5.41) is 0.436. The lowest BCUT2D eigenvalue weighted by Gasteiger charge is -2.17. The van der Waals surface area contributed by atoms with Crippen molar-refractivity contribution >= 4 is 39.9 Å². The number of carbonyl (C=O) groups excluding carboxylic acids is 1. The van der Waals surface area contributed by atoms with E-state index in [4.69, 9.17) is 11.6 Å². The number of benzene rings is 2. The fourth-order valence-electron chi connectivity index (χ4n) is 2.54. The summed E-state index contributed by atoms with van der Waals surface area (Å²) in [6.45, 7) is 5.87. The molecule has 6 heteroatoms. The van der Waals surface area contributed by atoms with Crippen molar-refractivity contribution in [2.45, 2.75) is 32.1 Å². The van der Waals surface area contributed by atoms with Crippen molar-refractivity contribution < 1.29 is 9.00 Å². The molecule has 3 rings (SSSR count). The molecule has 1 atom stereocenters. The number of rotatable bonds is 3. The molecule has 0 unspecified atom stereocenters. The summed E-state index contributed by atoms with van der Waals surface area (Å²) >= 11 is 6.34. The topological polar surface area (TPSA) is 49.7 Å². The molecule has 0 bridgehead atoms. The molecule has 2 aromatic carbocycles. The third-order valence-corrected chi connectivity index (χ3v) is 5.56. The summed E-state index contributed by atoms with van der Waals surface area (Å²) in [5.41, 5.74) is 2.43. The molecule has 4 nitrogen and oxygen atoms in total. The second-order valence-electron chi connectivity index (χ2n) is 6.81. The highest BCUT2D eigenvalue weighted by Gasteiger charge is 2.37. The maximum Gasteiger partial charge on any atom is 0.278 e. The predicted molar refractivity (Wildman–Crippen MR) is 104 cm³/mol. The van der Waals surface area contributed by atoms with E-state index in [9.17, 15) is 9.00 Å². The lowest BCUT2D eigenvalue weighted by atomic mass is 10.1. The molecule has 0 fully saturated rings. The van der Waals surface area contributed by atoms with Crippen molar-refractivity contribution in [1.82, 2.24) is 0 Å². The Morgan fingerprint density at radius 1 is 1.08 bits per heavy atom. The van der Waals surface area contributed by atoms with Crippen LogP contribution in [0.1, 0.15) is 31.9 Å². The number of fused-ring (bicyclic) bond motifs is 1. The van der Waals surface area contributed by atoms with Gasteiger partial charge >= 0.3 is 0 Å². The smallest absolute Gasteiger partial charge is 0.278 e. The van der Waals surface area contributed by atoms with E-state index in [-0.39, 0.29) is 11.6 Å². The van der Waals surface area contributed by atoms with Crippen molar-refractivity contribution in [2.24, 2.45) is 4.40 Å². The molecule has 0 saturated carbocycles. The van der Waals surface area contributed by atoms with Crippen LogP contribution >= 0.6 is 11.6 Å². The molecule has 25 heavy (non-hydrogen) atoms. The van der Waals surface area contributed by atoms with Gasteiger partial charge in [0, 0.05) is 5.56 Å². The number of hydrogen-bond acceptors (Lipinski definition) is 2. The standard InChI is InChI=1S/C19H19ClN2O2S/c1-19(2,3)25(24)21-17-16-14(20)10-7-11-15(16)22(18(17)23)12-13-8-5-4-6-9-13/h4-11H,12H2,1-3H3/b21-17+/t25-/m1/s1. The lowest BCUT2D eigenvalue weighted by Crippen LogP contribution is -2.30. The molecular formula is C19H19ClN2O2S. The number of halogens is 1. The Labute approximate surface area is 155 Å². The first kappa shape index (κ1) is 17.8. The van der Waals surface area contributed by atoms with Crippen LogP contribution in [0.25, 0.3) is 0 Å². The van der Waals surface area contributed by atoms with Gasteiger partial charge in [0.2, 0.25) is 0 Å². The molecule has 0 saturated heterocycles. The summed E-state index contributed by atoms with van der Waals surface area (Å²) in [6, 6.07) is 15.1. The maximum absolute atomic E-state index is 13.0. The molecule has 0 aromatic heterocycles. The molecule has 1 amide bonds. The summed E-state index contributed by atoms with van der Waals surface area (Å²) in [5.74, 6) is -0.274. The fraction of sp³-hybridized carbons (Fsp3) is 0.263. The Morgan fingerprint density at radius 3 is 2.40 bits per heavy atom. The Kier molecular flexibility index (Phi) is 4.80. The molecule has 0 radical (unpaired) electrons.